The first-order valence-corrected chi connectivity index (χ1v) is 21.1. The fourth-order valence-electron chi connectivity index (χ4n) is 5.38. The van der Waals surface area contributed by atoms with E-state index in [0.29, 0.717) is 13.0 Å². The molecule has 310 valence electrons. The summed E-state index contributed by atoms with van der Waals surface area (Å²) < 4.78 is 58.5. The molecule has 0 saturated carbocycles. The lowest BCUT2D eigenvalue weighted by molar-refractivity contribution is -0.301. The smallest absolute Gasteiger partial charge is 0.397 e. The lowest BCUT2D eigenvalue weighted by Crippen LogP contribution is -2.60. The van der Waals surface area contributed by atoms with Crippen LogP contribution in [0.3, 0.4) is 0 Å². The summed E-state index contributed by atoms with van der Waals surface area (Å²) in [5.41, 5.74) is 0. The maximum atomic E-state index is 12.6. The molecule has 54 heavy (non-hydrogen) atoms. The third-order valence-electron chi connectivity index (χ3n) is 8.34. The molecule has 0 amide bonds. The summed E-state index contributed by atoms with van der Waals surface area (Å²) in [6.45, 7) is 3.65. The monoisotopic (exact) mass is 784 g/mol. The average Bonchev–Trinajstić information content (AvgIpc) is 3.14. The van der Waals surface area contributed by atoms with E-state index >= 15 is 0 Å². The van der Waals surface area contributed by atoms with E-state index in [1.54, 1.807) is 0 Å². The van der Waals surface area contributed by atoms with Crippen LogP contribution in [0.1, 0.15) is 117 Å². The van der Waals surface area contributed by atoms with Crippen LogP contribution in [-0.4, -0.2) is 97.5 Å². The molecule has 0 aromatic heterocycles. The van der Waals surface area contributed by atoms with E-state index in [1.807, 2.05) is 0 Å². The molecule has 0 radical (unpaired) electrons. The number of aliphatic hydroxyl groups is 3. The van der Waals surface area contributed by atoms with Crippen molar-refractivity contribution in [3.8, 4) is 0 Å². The van der Waals surface area contributed by atoms with Crippen molar-refractivity contribution in [2.75, 3.05) is 26.4 Å². The van der Waals surface area contributed by atoms with Crippen LogP contribution >= 0.6 is 0 Å². The Morgan fingerprint density at radius 1 is 0.722 bits per heavy atom. The molecule has 1 saturated heterocycles. The Morgan fingerprint density at radius 2 is 1.28 bits per heavy atom. The normalized spacial score (nSPS) is 21.9. The van der Waals surface area contributed by atoms with Crippen LogP contribution in [-0.2, 0) is 38.3 Å². The van der Waals surface area contributed by atoms with Crippen LogP contribution in [0.5, 0.6) is 0 Å². The molecule has 0 bridgehead atoms. The molecular weight excluding hydrogens is 717 g/mol. The molecule has 4 N–H and O–H groups in total. The van der Waals surface area contributed by atoms with Gasteiger partial charge in [0.25, 0.3) is 0 Å². The number of aliphatic hydroxyl groups excluding tert-OH is 3. The molecule has 6 atom stereocenters. The van der Waals surface area contributed by atoms with Crippen molar-refractivity contribution < 1.29 is 56.2 Å². The molecule has 1 aliphatic heterocycles. The van der Waals surface area contributed by atoms with Crippen molar-refractivity contribution >= 4 is 16.4 Å². The van der Waals surface area contributed by atoms with Crippen LogP contribution < -0.4 is 0 Å². The molecule has 0 aliphatic carbocycles. The molecule has 13 heteroatoms. The highest BCUT2D eigenvalue weighted by molar-refractivity contribution is 7.80. The summed E-state index contributed by atoms with van der Waals surface area (Å²) in [5, 5.41) is 30.4. The highest BCUT2D eigenvalue weighted by atomic mass is 32.3. The van der Waals surface area contributed by atoms with Crippen LogP contribution in [0.25, 0.3) is 0 Å². The highest BCUT2D eigenvalue weighted by Crippen LogP contribution is 2.26. The zero-order chi connectivity index (χ0) is 39.7. The minimum Gasteiger partial charge on any atom is -0.457 e. The lowest BCUT2D eigenvalue weighted by Gasteiger charge is -2.41. The maximum absolute atomic E-state index is 12.6. The topological polar surface area (TPSA) is 178 Å². The number of ether oxygens (including phenoxy) is 4. The van der Waals surface area contributed by atoms with Gasteiger partial charge in [0.2, 0.25) is 0 Å². The van der Waals surface area contributed by atoms with E-state index in [0.717, 1.165) is 89.9 Å². The van der Waals surface area contributed by atoms with Crippen molar-refractivity contribution in [3.05, 3.63) is 72.9 Å². The zero-order valence-corrected chi connectivity index (χ0v) is 33.3. The van der Waals surface area contributed by atoms with Crippen LogP contribution in [0.2, 0.25) is 0 Å². The van der Waals surface area contributed by atoms with Gasteiger partial charge in [0.05, 0.1) is 19.8 Å². The molecule has 1 fully saturated rings. The second kappa shape index (κ2) is 32.8. The second-order valence-corrected chi connectivity index (χ2v) is 14.2. The van der Waals surface area contributed by atoms with Crippen LogP contribution in [0.15, 0.2) is 72.9 Å². The number of carbonyl (C=O) groups is 1. The molecule has 1 aliphatic rings. The number of rotatable bonds is 32. The second-order valence-electron chi connectivity index (χ2n) is 13.1. The molecule has 0 spiro atoms. The van der Waals surface area contributed by atoms with E-state index < -0.39 is 59.8 Å². The van der Waals surface area contributed by atoms with E-state index in [-0.39, 0.29) is 19.6 Å². The summed E-state index contributed by atoms with van der Waals surface area (Å²) in [6.07, 6.45) is 31.5. The van der Waals surface area contributed by atoms with Crippen molar-refractivity contribution in [1.29, 1.82) is 0 Å². The molecule has 6 unspecified atom stereocenters. The van der Waals surface area contributed by atoms with Gasteiger partial charge in [-0.25, -0.2) is 4.18 Å². The van der Waals surface area contributed by atoms with Gasteiger partial charge in [-0.15, -0.1) is 0 Å². The van der Waals surface area contributed by atoms with Gasteiger partial charge in [-0.1, -0.05) is 119 Å². The number of unbranched alkanes of at least 4 members (excludes halogenated alkanes) is 7. The van der Waals surface area contributed by atoms with Crippen LogP contribution in [0.4, 0.5) is 0 Å². The largest absolute Gasteiger partial charge is 0.457 e. The first-order chi connectivity index (χ1) is 26.1. The predicted molar refractivity (Wildman–Crippen MR) is 211 cm³/mol. The predicted octanol–water partition coefficient (Wildman–Crippen LogP) is 7.18. The fraction of sp³-hybridized carbons (Fsp3) is 0.683. The minimum atomic E-state index is -5.06. The van der Waals surface area contributed by atoms with Gasteiger partial charge in [0.15, 0.2) is 6.29 Å². The summed E-state index contributed by atoms with van der Waals surface area (Å²) in [6, 6.07) is 0. The molecule has 1 heterocycles. The number of esters is 1. The average molecular weight is 785 g/mol. The van der Waals surface area contributed by atoms with E-state index in [4.69, 9.17) is 23.5 Å². The summed E-state index contributed by atoms with van der Waals surface area (Å²) in [4.78, 5) is 12.6. The van der Waals surface area contributed by atoms with E-state index in [9.17, 15) is 28.5 Å². The number of allylic oxidation sites excluding steroid dienone is 12. The Kier molecular flexibility index (Phi) is 30.1. The van der Waals surface area contributed by atoms with Crippen LogP contribution in [0, 0.1) is 0 Å². The Hall–Kier alpha value is -2.46. The number of hydrogen-bond donors (Lipinski definition) is 4. The van der Waals surface area contributed by atoms with Crippen molar-refractivity contribution in [3.63, 3.8) is 0 Å². The van der Waals surface area contributed by atoms with Crippen molar-refractivity contribution in [2.45, 2.75) is 153 Å². The van der Waals surface area contributed by atoms with E-state index in [1.165, 1.54) is 0 Å². The summed E-state index contributed by atoms with van der Waals surface area (Å²) in [7, 11) is -5.06. The number of carbonyl (C=O) groups excluding carboxylic acids is 1. The minimum absolute atomic E-state index is 0.00847. The van der Waals surface area contributed by atoms with E-state index in [2.05, 4.69) is 90.9 Å². The highest BCUT2D eigenvalue weighted by Gasteiger charge is 2.48. The first kappa shape index (κ1) is 49.6. The van der Waals surface area contributed by atoms with Gasteiger partial charge in [-0.2, -0.15) is 8.42 Å². The Balaban J connectivity index is 2.39. The fourth-order valence-corrected chi connectivity index (χ4v) is 5.89. The summed E-state index contributed by atoms with van der Waals surface area (Å²) in [5.74, 6) is -0.429. The van der Waals surface area contributed by atoms with Gasteiger partial charge in [-0.3, -0.25) is 9.35 Å². The Bertz CT molecular complexity index is 1230. The summed E-state index contributed by atoms with van der Waals surface area (Å²) >= 11 is 0. The van der Waals surface area contributed by atoms with Crippen molar-refractivity contribution in [1.82, 2.24) is 0 Å². The Labute approximate surface area is 324 Å². The third-order valence-corrected chi connectivity index (χ3v) is 8.81. The van der Waals surface area contributed by atoms with Crippen molar-refractivity contribution in [2.24, 2.45) is 0 Å². The zero-order valence-electron chi connectivity index (χ0n) is 32.5. The molecule has 0 aromatic rings. The molecule has 12 nitrogen and oxygen atoms in total. The molecule has 0 aromatic carbocycles. The van der Waals surface area contributed by atoms with Gasteiger partial charge in [0.1, 0.15) is 30.5 Å². The first-order valence-electron chi connectivity index (χ1n) is 19.7. The van der Waals surface area contributed by atoms with Gasteiger partial charge < -0.3 is 34.3 Å². The maximum Gasteiger partial charge on any atom is 0.397 e. The molecule has 1 rings (SSSR count). The number of hydrogen-bond acceptors (Lipinski definition) is 11. The van der Waals surface area contributed by atoms with Gasteiger partial charge in [0, 0.05) is 13.0 Å². The lowest BCUT2D eigenvalue weighted by atomic mass is 9.99. The Morgan fingerprint density at radius 3 is 1.83 bits per heavy atom. The van der Waals surface area contributed by atoms with Gasteiger partial charge in [-0.05, 0) is 64.2 Å². The van der Waals surface area contributed by atoms with Gasteiger partial charge >= 0.3 is 16.4 Å². The standard InChI is InChI=1S/C41H68O12S/c1-3-5-7-9-10-11-12-13-14-15-16-17-18-19-20-21-22-23-24-25-27-29-31-49-33-35(51-37(43)30-28-26-8-6-4-2)34-50-41-39(45)40(53-54(46,47)48)38(44)36(32-42)52-41/h5,7,10-11,13-14,16-17,19-20,22-23,35-36,38-42,44-45H,3-4,6,8-9,12,15,18,21,24-34H2,1-2H3,(H,46,47,48)/b7-5-,11-10-,14-13-,17-16-,20-19-,23-22-. The third kappa shape index (κ3) is 26.4. The quantitative estimate of drug-likeness (QED) is 0.0234. The SMILES string of the molecule is CC/C=C\C/C=C\C/C=C\C/C=C\C/C=C\C/C=C\CCCCCOCC(COC1OC(CO)C(O)C(OS(=O)(=O)O)C1O)OC(=O)CCCCCCC. The molecular formula is C41H68O12S.